The van der Waals surface area contributed by atoms with Crippen LogP contribution < -0.4 is 0 Å². The molecule has 1 aromatic carbocycles. The van der Waals surface area contributed by atoms with Gasteiger partial charge < -0.3 is 0 Å². The second-order valence-corrected chi connectivity index (χ2v) is 8.27. The molecule has 1 heterocycles. The Hall–Kier alpha value is -2.17. The molecule has 1 fully saturated rings. The summed E-state index contributed by atoms with van der Waals surface area (Å²) in [5.41, 5.74) is -0.506. The van der Waals surface area contributed by atoms with Crippen LogP contribution in [0.15, 0.2) is 30.3 Å². The summed E-state index contributed by atoms with van der Waals surface area (Å²) in [4.78, 5) is 39.3. The molecular weight excluding hydrogens is 328 g/mol. The van der Waals surface area contributed by atoms with Crippen LogP contribution in [0.1, 0.15) is 72.4 Å². The standard InChI is InChI=1S/C21H30N2O3/c1-7-20(3,4)18(25)22-16(15-12-10-9-11-13-15)14-17(24)23(22)19(26)21(5,6)8-2/h9-13,16H,7-8,14H2,1-6H3. The van der Waals surface area contributed by atoms with E-state index in [9.17, 15) is 14.4 Å². The second-order valence-electron chi connectivity index (χ2n) is 8.27. The van der Waals surface area contributed by atoms with Crippen LogP contribution in [-0.4, -0.2) is 27.7 Å². The van der Waals surface area contributed by atoms with E-state index in [4.69, 9.17) is 0 Å². The van der Waals surface area contributed by atoms with E-state index in [1.807, 2.05) is 71.9 Å². The summed E-state index contributed by atoms with van der Waals surface area (Å²) < 4.78 is 0. The predicted octanol–water partition coefficient (Wildman–Crippen LogP) is 4.10. The molecule has 0 spiro atoms. The summed E-state index contributed by atoms with van der Waals surface area (Å²) in [5.74, 6) is -0.825. The Bertz CT molecular complexity index is 694. The van der Waals surface area contributed by atoms with Gasteiger partial charge in [0.25, 0.3) is 11.8 Å². The molecule has 1 unspecified atom stereocenters. The van der Waals surface area contributed by atoms with E-state index < -0.39 is 16.9 Å². The molecule has 0 radical (unpaired) electrons. The van der Waals surface area contributed by atoms with Gasteiger partial charge in [-0.2, -0.15) is 5.01 Å². The Morgan fingerprint density at radius 1 is 0.962 bits per heavy atom. The highest BCUT2D eigenvalue weighted by atomic mass is 16.2. The number of hydrazine groups is 1. The van der Waals surface area contributed by atoms with Gasteiger partial charge in [0, 0.05) is 10.8 Å². The minimum Gasteiger partial charge on any atom is -0.272 e. The summed E-state index contributed by atoms with van der Waals surface area (Å²) in [5, 5.41) is 2.53. The van der Waals surface area contributed by atoms with E-state index in [0.717, 1.165) is 10.6 Å². The second kappa shape index (κ2) is 7.22. The Morgan fingerprint density at radius 2 is 1.46 bits per heavy atom. The van der Waals surface area contributed by atoms with Gasteiger partial charge in [-0.25, -0.2) is 5.01 Å². The van der Waals surface area contributed by atoms with Crippen molar-refractivity contribution in [3.05, 3.63) is 35.9 Å². The zero-order chi connectivity index (χ0) is 19.7. The summed E-state index contributed by atoms with van der Waals surface area (Å²) in [6, 6.07) is 9.01. The smallest absolute Gasteiger partial charge is 0.254 e. The van der Waals surface area contributed by atoms with Crippen LogP contribution in [0, 0.1) is 10.8 Å². The molecule has 1 saturated heterocycles. The number of imide groups is 1. The zero-order valence-electron chi connectivity index (χ0n) is 16.7. The average molecular weight is 358 g/mol. The van der Waals surface area contributed by atoms with Crippen molar-refractivity contribution >= 4 is 17.7 Å². The molecular formula is C21H30N2O3. The van der Waals surface area contributed by atoms with Gasteiger partial charge in [0.05, 0.1) is 12.5 Å². The Morgan fingerprint density at radius 3 is 1.96 bits per heavy atom. The van der Waals surface area contributed by atoms with Gasteiger partial charge in [0.2, 0.25) is 5.91 Å². The zero-order valence-corrected chi connectivity index (χ0v) is 16.7. The third kappa shape index (κ3) is 3.53. The highest BCUT2D eigenvalue weighted by molar-refractivity contribution is 6.02. The molecule has 26 heavy (non-hydrogen) atoms. The van der Waals surface area contributed by atoms with Gasteiger partial charge in [-0.15, -0.1) is 0 Å². The summed E-state index contributed by atoms with van der Waals surface area (Å²) in [7, 11) is 0. The maximum atomic E-state index is 13.3. The quantitative estimate of drug-likeness (QED) is 0.796. The fourth-order valence-electron chi connectivity index (χ4n) is 2.87. The van der Waals surface area contributed by atoms with E-state index >= 15 is 0 Å². The maximum Gasteiger partial charge on any atom is 0.254 e. The van der Waals surface area contributed by atoms with E-state index in [2.05, 4.69) is 0 Å². The molecule has 0 aliphatic carbocycles. The summed E-state index contributed by atoms with van der Waals surface area (Å²) in [6.07, 6.45) is 1.34. The minimum absolute atomic E-state index is 0.126. The molecule has 0 saturated carbocycles. The van der Waals surface area contributed by atoms with E-state index in [1.165, 1.54) is 5.01 Å². The Kier molecular flexibility index (Phi) is 5.59. The van der Waals surface area contributed by atoms with Gasteiger partial charge >= 0.3 is 0 Å². The number of hydrogen-bond acceptors (Lipinski definition) is 3. The molecule has 0 bridgehead atoms. The monoisotopic (exact) mass is 358 g/mol. The largest absolute Gasteiger partial charge is 0.272 e. The van der Waals surface area contributed by atoms with Crippen LogP contribution in [0.3, 0.4) is 0 Å². The van der Waals surface area contributed by atoms with Crippen molar-refractivity contribution in [3.63, 3.8) is 0 Å². The van der Waals surface area contributed by atoms with Gasteiger partial charge in [-0.1, -0.05) is 71.9 Å². The molecule has 3 amide bonds. The lowest BCUT2D eigenvalue weighted by Gasteiger charge is -2.39. The number of hydrogen-bond donors (Lipinski definition) is 0. The van der Waals surface area contributed by atoms with Crippen LogP contribution in [0.25, 0.3) is 0 Å². The fraction of sp³-hybridized carbons (Fsp3) is 0.571. The lowest BCUT2D eigenvalue weighted by molar-refractivity contribution is -0.177. The van der Waals surface area contributed by atoms with Crippen molar-refractivity contribution < 1.29 is 14.4 Å². The highest BCUT2D eigenvalue weighted by Crippen LogP contribution is 2.40. The topological polar surface area (TPSA) is 57.7 Å². The SMILES string of the molecule is CCC(C)(C)C(=O)N1C(=O)CC(c2ccccc2)N1C(=O)C(C)(C)CC. The van der Waals surface area contributed by atoms with Crippen molar-refractivity contribution in [2.24, 2.45) is 10.8 Å². The van der Waals surface area contributed by atoms with Crippen molar-refractivity contribution in [1.29, 1.82) is 0 Å². The number of carbonyl (C=O) groups is 3. The van der Waals surface area contributed by atoms with Gasteiger partial charge in [-0.05, 0) is 18.4 Å². The molecule has 5 heteroatoms. The number of rotatable bonds is 5. The number of benzene rings is 1. The van der Waals surface area contributed by atoms with Gasteiger partial charge in [0.1, 0.15) is 0 Å². The third-order valence-corrected chi connectivity index (χ3v) is 5.63. The summed E-state index contributed by atoms with van der Waals surface area (Å²) >= 11 is 0. The molecule has 0 aromatic heterocycles. The number of nitrogens with zero attached hydrogens (tertiary/aromatic N) is 2. The molecule has 1 aromatic rings. The predicted molar refractivity (Wildman–Crippen MR) is 101 cm³/mol. The van der Waals surface area contributed by atoms with Gasteiger partial charge in [-0.3, -0.25) is 14.4 Å². The molecule has 1 aliphatic rings. The van der Waals surface area contributed by atoms with E-state index in [1.54, 1.807) is 0 Å². The fourth-order valence-corrected chi connectivity index (χ4v) is 2.87. The lowest BCUT2D eigenvalue weighted by atomic mass is 9.87. The van der Waals surface area contributed by atoms with Crippen LogP contribution in [0.5, 0.6) is 0 Å². The molecule has 0 N–H and O–H groups in total. The first-order valence-electron chi connectivity index (χ1n) is 9.32. The van der Waals surface area contributed by atoms with Gasteiger partial charge in [0.15, 0.2) is 0 Å². The van der Waals surface area contributed by atoms with Crippen LogP contribution in [0.4, 0.5) is 0 Å². The third-order valence-electron chi connectivity index (χ3n) is 5.63. The Labute approximate surface area is 156 Å². The first-order valence-corrected chi connectivity index (χ1v) is 9.32. The molecule has 5 nitrogen and oxygen atoms in total. The minimum atomic E-state index is -0.712. The van der Waals surface area contributed by atoms with Crippen molar-refractivity contribution in [1.82, 2.24) is 10.0 Å². The summed E-state index contributed by atoms with van der Waals surface area (Å²) in [6.45, 7) is 11.2. The molecule has 142 valence electrons. The lowest BCUT2D eigenvalue weighted by Crippen LogP contribution is -2.54. The van der Waals surface area contributed by atoms with Crippen LogP contribution >= 0.6 is 0 Å². The van der Waals surface area contributed by atoms with Crippen molar-refractivity contribution in [2.75, 3.05) is 0 Å². The number of carbonyl (C=O) groups excluding carboxylic acids is 3. The normalized spacial score (nSPS) is 18.4. The van der Waals surface area contributed by atoms with Crippen LogP contribution in [-0.2, 0) is 14.4 Å². The van der Waals surface area contributed by atoms with E-state index in [0.29, 0.717) is 12.8 Å². The highest BCUT2D eigenvalue weighted by Gasteiger charge is 2.50. The maximum absolute atomic E-state index is 13.3. The van der Waals surface area contributed by atoms with Crippen molar-refractivity contribution in [2.45, 2.75) is 66.8 Å². The van der Waals surface area contributed by atoms with E-state index in [-0.39, 0.29) is 24.1 Å². The van der Waals surface area contributed by atoms with Crippen molar-refractivity contribution in [3.8, 4) is 0 Å². The molecule has 2 rings (SSSR count). The molecule has 1 aliphatic heterocycles. The first kappa shape index (κ1) is 20.1. The van der Waals surface area contributed by atoms with Crippen LogP contribution in [0.2, 0.25) is 0 Å². The molecule has 1 atom stereocenters. The number of amides is 3. The Balaban J connectivity index is 2.54. The first-order chi connectivity index (χ1) is 12.1. The average Bonchev–Trinajstić information content (AvgIpc) is 2.97.